The zero-order valence-electron chi connectivity index (χ0n) is 29.2. The minimum atomic E-state index is 0.520. The molecule has 240 valence electrons. The normalized spacial score (nSPS) is 11.9. The van der Waals surface area contributed by atoms with Gasteiger partial charge in [-0.15, -0.1) is 0 Å². The van der Waals surface area contributed by atoms with Crippen LogP contribution in [0.5, 0.6) is 0 Å². The number of para-hydroxylation sites is 3. The fourth-order valence-electron chi connectivity index (χ4n) is 7.83. The molecule has 0 aliphatic heterocycles. The van der Waals surface area contributed by atoms with Crippen LogP contribution in [0.3, 0.4) is 0 Å². The van der Waals surface area contributed by atoms with E-state index in [1.165, 1.54) is 60.9 Å². The third kappa shape index (κ3) is 4.87. The SMILES string of the molecule is [2H]c1ccc2c(c1)c1cc(-c3ccc(-c4ccc(-c5ccc6c(c5)c5cc(C)ccc5n6-c5ccccc5)cc4)cc3)ccc1n2-c1ccccc1. The summed E-state index contributed by atoms with van der Waals surface area (Å²) in [5.74, 6) is 0. The number of aryl methyl sites for hydroxylation is 1. The second-order valence-corrected chi connectivity index (χ2v) is 13.4. The number of nitrogens with zero attached hydrogens (tertiary/aromatic N) is 2. The van der Waals surface area contributed by atoms with Crippen molar-refractivity contribution in [3.63, 3.8) is 0 Å². The highest BCUT2D eigenvalue weighted by Gasteiger charge is 2.15. The first-order valence-electron chi connectivity index (χ1n) is 18.0. The summed E-state index contributed by atoms with van der Waals surface area (Å²) in [6.07, 6.45) is 0. The lowest BCUT2D eigenvalue weighted by Gasteiger charge is -2.09. The van der Waals surface area contributed by atoms with Gasteiger partial charge in [-0.05, 0) is 107 Å². The van der Waals surface area contributed by atoms with Gasteiger partial charge in [0.05, 0.1) is 23.4 Å². The van der Waals surface area contributed by atoms with Crippen molar-refractivity contribution in [1.82, 2.24) is 9.13 Å². The Labute approximate surface area is 298 Å². The van der Waals surface area contributed by atoms with E-state index in [2.05, 4.69) is 180 Å². The van der Waals surface area contributed by atoms with Crippen LogP contribution in [0.4, 0.5) is 0 Å². The molecule has 0 aliphatic carbocycles. The highest BCUT2D eigenvalue weighted by Crippen LogP contribution is 2.37. The van der Waals surface area contributed by atoms with Crippen molar-refractivity contribution in [2.75, 3.05) is 0 Å². The molecule has 0 N–H and O–H groups in total. The van der Waals surface area contributed by atoms with Crippen molar-refractivity contribution in [2.24, 2.45) is 0 Å². The molecule has 2 heteroatoms. The molecule has 0 unspecified atom stereocenters. The van der Waals surface area contributed by atoms with Crippen LogP contribution in [0.2, 0.25) is 0 Å². The number of hydrogen-bond donors (Lipinski definition) is 0. The van der Waals surface area contributed by atoms with Crippen LogP contribution in [-0.4, -0.2) is 9.13 Å². The van der Waals surface area contributed by atoms with Crippen molar-refractivity contribution in [1.29, 1.82) is 0 Å². The van der Waals surface area contributed by atoms with E-state index in [4.69, 9.17) is 1.37 Å². The predicted molar refractivity (Wildman–Crippen MR) is 216 cm³/mol. The first-order valence-corrected chi connectivity index (χ1v) is 17.5. The number of hydrogen-bond acceptors (Lipinski definition) is 0. The number of rotatable bonds is 5. The Bertz CT molecular complexity index is 2730. The van der Waals surface area contributed by atoms with Crippen molar-refractivity contribution in [3.05, 3.63) is 194 Å². The summed E-state index contributed by atoms with van der Waals surface area (Å²) in [5, 5.41) is 4.80. The van der Waals surface area contributed by atoms with Gasteiger partial charge in [0.2, 0.25) is 0 Å². The fourth-order valence-corrected chi connectivity index (χ4v) is 7.83. The number of benzene rings is 8. The summed E-state index contributed by atoms with van der Waals surface area (Å²) in [4.78, 5) is 0. The number of aromatic nitrogens is 2. The molecule has 10 aromatic rings. The molecule has 0 amide bonds. The van der Waals surface area contributed by atoms with Gasteiger partial charge in [-0.2, -0.15) is 0 Å². The lowest BCUT2D eigenvalue weighted by molar-refractivity contribution is 1.18. The van der Waals surface area contributed by atoms with Crippen LogP contribution in [0.15, 0.2) is 188 Å². The van der Waals surface area contributed by atoms with E-state index in [-0.39, 0.29) is 0 Å². The van der Waals surface area contributed by atoms with Crippen LogP contribution in [-0.2, 0) is 0 Å². The first kappa shape index (κ1) is 28.2. The van der Waals surface area contributed by atoms with Crippen LogP contribution in [0.1, 0.15) is 6.93 Å². The fraction of sp³-hybridized carbons (Fsp3) is 0.0204. The maximum Gasteiger partial charge on any atom is 0.0623 e. The molecule has 2 aromatic heterocycles. The monoisotopic (exact) mass is 651 g/mol. The molecule has 0 atom stereocenters. The van der Waals surface area contributed by atoms with Crippen LogP contribution in [0, 0.1) is 6.92 Å². The van der Waals surface area contributed by atoms with Gasteiger partial charge in [0.25, 0.3) is 0 Å². The molecular formula is C49H34N2. The molecule has 2 heterocycles. The lowest BCUT2D eigenvalue weighted by atomic mass is 9.97. The highest BCUT2D eigenvalue weighted by molar-refractivity contribution is 6.11. The van der Waals surface area contributed by atoms with Gasteiger partial charge in [-0.3, -0.25) is 0 Å². The molecule has 0 spiro atoms. The summed E-state index contributed by atoms with van der Waals surface area (Å²) in [7, 11) is 0. The van der Waals surface area contributed by atoms with Gasteiger partial charge >= 0.3 is 0 Å². The van der Waals surface area contributed by atoms with Crippen LogP contribution in [0.25, 0.3) is 88.4 Å². The predicted octanol–water partition coefficient (Wildman–Crippen LogP) is 13.2. The third-order valence-corrected chi connectivity index (χ3v) is 10.3. The maximum atomic E-state index is 8.34. The first-order chi connectivity index (χ1) is 25.6. The van der Waals surface area contributed by atoms with Crippen molar-refractivity contribution >= 4 is 43.6 Å². The van der Waals surface area contributed by atoms with E-state index >= 15 is 0 Å². The van der Waals surface area contributed by atoms with Crippen molar-refractivity contribution < 1.29 is 1.37 Å². The van der Waals surface area contributed by atoms with Gasteiger partial charge in [0.15, 0.2) is 0 Å². The van der Waals surface area contributed by atoms with Gasteiger partial charge in [-0.25, -0.2) is 0 Å². The van der Waals surface area contributed by atoms with E-state index in [9.17, 15) is 0 Å². The molecule has 10 rings (SSSR count). The Morgan fingerprint density at radius 3 is 1.24 bits per heavy atom. The molecule has 0 radical (unpaired) electrons. The van der Waals surface area contributed by atoms with Crippen LogP contribution >= 0.6 is 0 Å². The topological polar surface area (TPSA) is 9.86 Å². The molecule has 51 heavy (non-hydrogen) atoms. The second kappa shape index (κ2) is 11.8. The largest absolute Gasteiger partial charge is 0.309 e. The van der Waals surface area contributed by atoms with E-state index in [1.54, 1.807) is 0 Å². The molecule has 8 aromatic carbocycles. The van der Waals surface area contributed by atoms with E-state index in [0.29, 0.717) is 6.04 Å². The quantitative estimate of drug-likeness (QED) is 0.175. The third-order valence-electron chi connectivity index (χ3n) is 10.3. The standard InChI is InChI=1S/C49H34N2/c1-33-16-27-47-43(30-33)45-32-39(26-29-49(45)51(47)41-12-6-3-7-13-41)37-23-19-35(20-24-37)34-17-21-36(22-18-34)38-25-28-48-44(31-38)42-14-8-9-15-46(42)50(48)40-10-4-2-5-11-40/h2-32H,1H3/i8D. The molecule has 0 aliphatic rings. The summed E-state index contributed by atoms with van der Waals surface area (Å²) >= 11 is 0. The minimum Gasteiger partial charge on any atom is -0.309 e. The average molecular weight is 652 g/mol. The second-order valence-electron chi connectivity index (χ2n) is 13.4. The summed E-state index contributed by atoms with van der Waals surface area (Å²) in [6.45, 7) is 2.17. The molecule has 0 saturated heterocycles. The smallest absolute Gasteiger partial charge is 0.0623 e. The van der Waals surface area contributed by atoms with Crippen LogP contribution < -0.4 is 0 Å². The molecule has 0 fully saturated rings. The molecule has 0 bridgehead atoms. The van der Waals surface area contributed by atoms with Gasteiger partial charge in [-0.1, -0.05) is 127 Å². The Morgan fingerprint density at radius 1 is 0.333 bits per heavy atom. The zero-order valence-corrected chi connectivity index (χ0v) is 28.2. The van der Waals surface area contributed by atoms with Crippen molar-refractivity contribution in [2.45, 2.75) is 6.92 Å². The molecular weight excluding hydrogens is 617 g/mol. The highest BCUT2D eigenvalue weighted by atomic mass is 15.0. The van der Waals surface area contributed by atoms with Crippen molar-refractivity contribution in [3.8, 4) is 44.8 Å². The summed E-state index contributed by atoms with van der Waals surface area (Å²) in [5.41, 5.74) is 15.4. The van der Waals surface area contributed by atoms with E-state index < -0.39 is 0 Å². The van der Waals surface area contributed by atoms with Gasteiger partial charge < -0.3 is 9.13 Å². The van der Waals surface area contributed by atoms with E-state index in [0.717, 1.165) is 33.1 Å². The summed E-state index contributed by atoms with van der Waals surface area (Å²) in [6, 6.07) is 65.6. The van der Waals surface area contributed by atoms with Gasteiger partial charge in [0.1, 0.15) is 0 Å². The molecule has 2 nitrogen and oxygen atoms in total. The molecule has 0 saturated carbocycles. The average Bonchev–Trinajstić information content (AvgIpc) is 3.70. The Morgan fingerprint density at radius 2 is 0.725 bits per heavy atom. The Hall–Kier alpha value is -6.64. The Balaban J connectivity index is 0.974. The Kier molecular flexibility index (Phi) is 6.50. The lowest BCUT2D eigenvalue weighted by Crippen LogP contribution is -1.93. The zero-order chi connectivity index (χ0) is 34.8. The number of fused-ring (bicyclic) bond motifs is 6. The minimum absolute atomic E-state index is 0.520. The van der Waals surface area contributed by atoms with Gasteiger partial charge in [0, 0.05) is 32.9 Å². The van der Waals surface area contributed by atoms with E-state index in [1.807, 2.05) is 18.2 Å². The maximum absolute atomic E-state index is 8.34. The summed E-state index contributed by atoms with van der Waals surface area (Å²) < 4.78 is 13.0.